The Kier molecular flexibility index (Phi) is 6.32. The number of aryl methyl sites for hydroxylation is 1. The van der Waals surface area contributed by atoms with Gasteiger partial charge in [0, 0.05) is 11.2 Å². The molecule has 0 aliphatic carbocycles. The molecule has 0 saturated carbocycles. The average Bonchev–Trinajstić information content (AvgIpc) is 3.05. The van der Waals surface area contributed by atoms with Crippen molar-refractivity contribution in [3.05, 3.63) is 64.8 Å². The van der Waals surface area contributed by atoms with E-state index in [9.17, 15) is 18.0 Å². The van der Waals surface area contributed by atoms with E-state index < -0.39 is 22.4 Å². The summed E-state index contributed by atoms with van der Waals surface area (Å²) in [7, 11) is -3.31. The van der Waals surface area contributed by atoms with Crippen molar-refractivity contribution in [1.82, 2.24) is 14.3 Å². The first-order valence-electron chi connectivity index (χ1n) is 8.68. The number of hydrogen-bond donors (Lipinski definition) is 1. The lowest BCUT2D eigenvalue weighted by Gasteiger charge is -2.09. The van der Waals surface area contributed by atoms with Gasteiger partial charge in [-0.2, -0.15) is 5.10 Å². The standard InChI is InChI=1S/C19H19N3O6S2/c1-13-9-15(5-8-17(13)28-10-18(23)24)29-12-22-19(25)21(11-20-22)14-3-6-16(7-4-14)30(2,26)27/h3-9,11H,10,12H2,1-2H3,(H,23,24). The predicted molar refractivity (Wildman–Crippen MR) is 111 cm³/mol. The van der Waals surface area contributed by atoms with Crippen LogP contribution in [0.5, 0.6) is 5.75 Å². The predicted octanol–water partition coefficient (Wildman–Crippen LogP) is 1.96. The van der Waals surface area contributed by atoms with E-state index >= 15 is 0 Å². The molecule has 1 N–H and O–H groups in total. The number of sulfone groups is 1. The largest absolute Gasteiger partial charge is 0.482 e. The van der Waals surface area contributed by atoms with Crippen molar-refractivity contribution in [1.29, 1.82) is 0 Å². The monoisotopic (exact) mass is 449 g/mol. The van der Waals surface area contributed by atoms with Gasteiger partial charge in [-0.05, 0) is 55.0 Å². The number of nitrogens with zero attached hydrogens (tertiary/aromatic N) is 3. The third-order valence-electron chi connectivity index (χ3n) is 4.13. The highest BCUT2D eigenvalue weighted by atomic mass is 32.2. The van der Waals surface area contributed by atoms with E-state index in [1.165, 1.54) is 39.5 Å². The van der Waals surface area contributed by atoms with Crippen LogP contribution in [0.1, 0.15) is 5.56 Å². The molecule has 11 heteroatoms. The highest BCUT2D eigenvalue weighted by Crippen LogP contribution is 2.26. The van der Waals surface area contributed by atoms with Crippen LogP contribution in [0.15, 0.2) is 63.4 Å². The zero-order valence-corrected chi connectivity index (χ0v) is 17.8. The molecule has 3 aromatic rings. The van der Waals surface area contributed by atoms with Crippen LogP contribution in [-0.4, -0.2) is 46.7 Å². The Morgan fingerprint density at radius 1 is 1.20 bits per heavy atom. The lowest BCUT2D eigenvalue weighted by molar-refractivity contribution is -0.139. The molecule has 1 heterocycles. The SMILES string of the molecule is Cc1cc(SCn2ncn(-c3ccc(S(C)(=O)=O)cc3)c2=O)ccc1OCC(=O)O. The van der Waals surface area contributed by atoms with Crippen LogP contribution in [0.25, 0.3) is 5.69 Å². The van der Waals surface area contributed by atoms with Crippen LogP contribution in [0, 0.1) is 6.92 Å². The van der Waals surface area contributed by atoms with Crippen LogP contribution in [0.3, 0.4) is 0 Å². The number of carbonyl (C=O) groups is 1. The summed E-state index contributed by atoms with van der Waals surface area (Å²) >= 11 is 1.39. The molecule has 0 aliphatic rings. The van der Waals surface area contributed by atoms with E-state index in [4.69, 9.17) is 9.84 Å². The number of aromatic nitrogens is 3. The van der Waals surface area contributed by atoms with E-state index in [1.54, 1.807) is 24.3 Å². The molecule has 0 fully saturated rings. The summed E-state index contributed by atoms with van der Waals surface area (Å²) in [5, 5.41) is 12.8. The van der Waals surface area contributed by atoms with Gasteiger partial charge in [0.1, 0.15) is 12.1 Å². The van der Waals surface area contributed by atoms with Crippen LogP contribution >= 0.6 is 11.8 Å². The van der Waals surface area contributed by atoms with Crippen molar-refractivity contribution in [3.8, 4) is 11.4 Å². The highest BCUT2D eigenvalue weighted by molar-refractivity contribution is 7.98. The van der Waals surface area contributed by atoms with Crippen molar-refractivity contribution >= 4 is 27.6 Å². The summed E-state index contributed by atoms with van der Waals surface area (Å²) in [5.74, 6) is -0.295. The Bertz CT molecular complexity index is 1230. The number of ether oxygens (including phenoxy) is 1. The Labute approximate surface area is 176 Å². The second kappa shape index (κ2) is 8.76. The van der Waals surface area contributed by atoms with Crippen LogP contribution in [-0.2, 0) is 20.5 Å². The van der Waals surface area contributed by atoms with Gasteiger partial charge in [0.05, 0.1) is 16.5 Å². The van der Waals surface area contributed by atoms with Gasteiger partial charge in [0.25, 0.3) is 0 Å². The Morgan fingerprint density at radius 2 is 1.90 bits per heavy atom. The molecule has 0 amide bonds. The maximum Gasteiger partial charge on any atom is 0.351 e. The third-order valence-corrected chi connectivity index (χ3v) is 6.22. The Hall–Kier alpha value is -3.05. The molecule has 2 aromatic carbocycles. The zero-order chi connectivity index (χ0) is 21.9. The minimum atomic E-state index is -3.31. The van der Waals surface area contributed by atoms with Gasteiger partial charge < -0.3 is 9.84 Å². The van der Waals surface area contributed by atoms with E-state index in [1.807, 2.05) is 13.0 Å². The fraction of sp³-hybridized carbons (Fsp3) is 0.211. The fourth-order valence-electron chi connectivity index (χ4n) is 2.61. The van der Waals surface area contributed by atoms with E-state index in [0.29, 0.717) is 11.4 Å². The highest BCUT2D eigenvalue weighted by Gasteiger charge is 2.11. The third kappa shape index (κ3) is 5.10. The maximum atomic E-state index is 12.6. The quantitative estimate of drug-likeness (QED) is 0.518. The van der Waals surface area contributed by atoms with Gasteiger partial charge in [-0.1, -0.05) is 0 Å². The number of carboxylic acid groups (broad SMARTS) is 1. The molecule has 0 saturated heterocycles. The fourth-order valence-corrected chi connectivity index (χ4v) is 4.11. The number of rotatable bonds is 8. The van der Waals surface area contributed by atoms with Gasteiger partial charge in [-0.3, -0.25) is 0 Å². The number of benzene rings is 2. The molecule has 0 radical (unpaired) electrons. The molecule has 1 aromatic heterocycles. The summed E-state index contributed by atoms with van der Waals surface area (Å²) in [6.45, 7) is 1.40. The lowest BCUT2D eigenvalue weighted by Crippen LogP contribution is -2.23. The Balaban J connectivity index is 1.71. The molecule has 3 rings (SSSR count). The Morgan fingerprint density at radius 3 is 2.50 bits per heavy atom. The molecule has 158 valence electrons. The summed E-state index contributed by atoms with van der Waals surface area (Å²) in [5.41, 5.74) is 0.942. The van der Waals surface area contributed by atoms with Crippen molar-refractivity contribution in [3.63, 3.8) is 0 Å². The second-order valence-electron chi connectivity index (χ2n) is 6.43. The first kappa shape index (κ1) is 21.7. The molecule has 9 nitrogen and oxygen atoms in total. The normalized spacial score (nSPS) is 11.4. The lowest BCUT2D eigenvalue weighted by atomic mass is 10.2. The molecular formula is C19H19N3O6S2. The number of hydrogen-bond acceptors (Lipinski definition) is 7. The topological polar surface area (TPSA) is 120 Å². The zero-order valence-electron chi connectivity index (χ0n) is 16.2. The van der Waals surface area contributed by atoms with Crippen molar-refractivity contribution in [2.24, 2.45) is 0 Å². The van der Waals surface area contributed by atoms with Crippen molar-refractivity contribution in [2.45, 2.75) is 22.6 Å². The maximum absolute atomic E-state index is 12.6. The average molecular weight is 450 g/mol. The first-order valence-corrected chi connectivity index (χ1v) is 11.6. The molecule has 0 bridgehead atoms. The first-order chi connectivity index (χ1) is 14.1. The number of carboxylic acids is 1. The molecular weight excluding hydrogens is 430 g/mol. The van der Waals surface area contributed by atoms with Gasteiger partial charge in [0.2, 0.25) is 0 Å². The van der Waals surface area contributed by atoms with Crippen LogP contribution < -0.4 is 10.4 Å². The van der Waals surface area contributed by atoms with Gasteiger partial charge in [0.15, 0.2) is 16.4 Å². The number of aliphatic carboxylic acids is 1. The molecule has 0 unspecified atom stereocenters. The second-order valence-corrected chi connectivity index (χ2v) is 9.47. The van der Waals surface area contributed by atoms with Crippen LogP contribution in [0.4, 0.5) is 0 Å². The minimum Gasteiger partial charge on any atom is -0.482 e. The van der Waals surface area contributed by atoms with E-state index in [2.05, 4.69) is 5.10 Å². The summed E-state index contributed by atoms with van der Waals surface area (Å²) in [6.07, 6.45) is 2.50. The van der Waals surface area contributed by atoms with Gasteiger partial charge in [-0.25, -0.2) is 27.3 Å². The summed E-state index contributed by atoms with van der Waals surface area (Å²) in [4.78, 5) is 24.3. The van der Waals surface area contributed by atoms with Crippen LogP contribution in [0.2, 0.25) is 0 Å². The molecule has 0 atom stereocenters. The summed E-state index contributed by atoms with van der Waals surface area (Å²) < 4.78 is 30.9. The van der Waals surface area contributed by atoms with E-state index in [-0.39, 0.29) is 16.5 Å². The van der Waals surface area contributed by atoms with Gasteiger partial charge in [-0.15, -0.1) is 11.8 Å². The minimum absolute atomic E-state index is 0.174. The van der Waals surface area contributed by atoms with Gasteiger partial charge >= 0.3 is 11.7 Å². The van der Waals surface area contributed by atoms with Crippen molar-refractivity contribution < 1.29 is 23.1 Å². The number of thioether (sulfide) groups is 1. The smallest absolute Gasteiger partial charge is 0.351 e. The molecule has 30 heavy (non-hydrogen) atoms. The van der Waals surface area contributed by atoms with Crippen molar-refractivity contribution in [2.75, 3.05) is 12.9 Å². The molecule has 0 aliphatic heterocycles. The van der Waals surface area contributed by atoms with E-state index in [0.717, 1.165) is 16.7 Å². The molecule has 0 spiro atoms. The summed E-state index contributed by atoms with van der Waals surface area (Å²) in [6, 6.07) is 11.3.